The van der Waals surface area contributed by atoms with Crippen molar-refractivity contribution in [2.24, 2.45) is 15.4 Å². The first-order valence-corrected chi connectivity index (χ1v) is 51.6. The highest BCUT2D eigenvalue weighted by atomic mass is 15.0. The van der Waals surface area contributed by atoms with Crippen LogP contribution in [0.3, 0.4) is 0 Å². The zero-order valence-corrected chi connectivity index (χ0v) is 84.9. The molecule has 2 N–H and O–H groups in total. The van der Waals surface area contributed by atoms with Crippen LogP contribution in [-0.4, -0.2) is 11.4 Å². The molecular weight excluding hydrogens is 1470 g/mol. The Morgan fingerprint density at radius 2 is 0.664 bits per heavy atom. The molecule has 0 bridgehead atoms. The molecule has 10 rings (SSSR count). The number of anilines is 4. The summed E-state index contributed by atoms with van der Waals surface area (Å²) in [5.74, 6) is 2.73. The highest BCUT2D eigenvalue weighted by molar-refractivity contribution is 6.37. The average Bonchev–Trinajstić information content (AvgIpc) is 0.678. The van der Waals surface area contributed by atoms with Crippen LogP contribution >= 0.6 is 0 Å². The van der Waals surface area contributed by atoms with Crippen molar-refractivity contribution in [2.75, 3.05) is 10.6 Å². The van der Waals surface area contributed by atoms with Gasteiger partial charge in [-0.05, 0) is 186 Å². The van der Waals surface area contributed by atoms with E-state index in [-0.39, 0.29) is 48.7 Å². The second kappa shape index (κ2) is 40.9. The quantitative estimate of drug-likeness (QED) is 0.0301. The first-order valence-electron chi connectivity index (χ1n) is 51.6. The van der Waals surface area contributed by atoms with Gasteiger partial charge in [0.05, 0.1) is 22.5 Å². The third-order valence-corrected chi connectivity index (χ3v) is 31.8. The minimum atomic E-state index is -0.476. The Morgan fingerprint density at radius 3 is 1.10 bits per heavy atom. The largest absolute Gasteiger partial charge is 0.354 e. The monoisotopic (exact) mass is 1660 g/mol. The summed E-state index contributed by atoms with van der Waals surface area (Å²) in [5.41, 5.74) is 28.7. The van der Waals surface area contributed by atoms with E-state index in [1.54, 1.807) is 0 Å². The number of unbranched alkanes of at least 4 members (excludes halogenated alkanes) is 30. The number of nitrogens with one attached hydrogen (secondary N) is 2. The number of benzene rings is 5. The van der Waals surface area contributed by atoms with Gasteiger partial charge in [-0.1, -0.05) is 433 Å². The highest BCUT2D eigenvalue weighted by Crippen LogP contribution is 2.66. The molecule has 4 heterocycles. The molecule has 0 fully saturated rings. The van der Waals surface area contributed by atoms with Crippen LogP contribution in [0.2, 0.25) is 0 Å². The lowest BCUT2D eigenvalue weighted by Crippen LogP contribution is -2.51. The fraction of sp³-hybridized carbons (Fsp3) is 0.695. The zero-order chi connectivity index (χ0) is 89.2. The summed E-state index contributed by atoms with van der Waals surface area (Å²) in [7, 11) is 0. The second-order valence-electron chi connectivity index (χ2n) is 47.3. The molecule has 0 atom stereocenters. The molecule has 122 heavy (non-hydrogen) atoms. The van der Waals surface area contributed by atoms with E-state index in [4.69, 9.17) is 15.3 Å². The van der Waals surface area contributed by atoms with Gasteiger partial charge in [-0.2, -0.15) is 9.98 Å². The van der Waals surface area contributed by atoms with E-state index in [0.717, 1.165) is 30.7 Å². The Bertz CT molecular complexity index is 4370. The zero-order valence-electron chi connectivity index (χ0n) is 84.9. The highest BCUT2D eigenvalue weighted by Gasteiger charge is 2.68. The fourth-order valence-electron chi connectivity index (χ4n) is 22.7. The van der Waals surface area contributed by atoms with E-state index in [1.165, 1.54) is 380 Å². The van der Waals surface area contributed by atoms with E-state index in [9.17, 15) is 0 Å². The summed E-state index contributed by atoms with van der Waals surface area (Å²) in [6, 6.07) is 26.1. The maximum atomic E-state index is 6.62. The van der Waals surface area contributed by atoms with Crippen LogP contribution in [0, 0.1) is 17.3 Å². The van der Waals surface area contributed by atoms with E-state index in [2.05, 4.69) is 273 Å². The number of aliphatic imine (C=N–C) groups is 2. The molecule has 0 amide bonds. The van der Waals surface area contributed by atoms with Gasteiger partial charge in [0.1, 0.15) is 10.8 Å². The van der Waals surface area contributed by atoms with Crippen molar-refractivity contribution in [3.63, 3.8) is 0 Å². The van der Waals surface area contributed by atoms with Gasteiger partial charge in [0.2, 0.25) is 5.92 Å². The van der Waals surface area contributed by atoms with Crippen LogP contribution in [0.1, 0.15) is 537 Å². The summed E-state index contributed by atoms with van der Waals surface area (Å²) in [6.07, 6.45) is 56.2. The van der Waals surface area contributed by atoms with Gasteiger partial charge in [0.15, 0.2) is 17.6 Å². The van der Waals surface area contributed by atoms with Crippen molar-refractivity contribution in [3.05, 3.63) is 151 Å². The average molecular weight is 1660 g/mol. The number of hydrogen-bond acceptors (Lipinski definition) is 4. The molecule has 0 unspecified atom stereocenters. The van der Waals surface area contributed by atoms with E-state index >= 15 is 0 Å². The van der Waals surface area contributed by atoms with Gasteiger partial charge in [-0.25, -0.2) is 0 Å². The number of fused-ring (bicyclic) bond motifs is 8. The third kappa shape index (κ3) is 21.7. The van der Waals surface area contributed by atoms with E-state index in [1.807, 2.05) is 0 Å². The molecule has 674 valence electrons. The Morgan fingerprint density at radius 1 is 0.311 bits per heavy atom. The van der Waals surface area contributed by atoms with Gasteiger partial charge in [-0.15, -0.1) is 0 Å². The van der Waals surface area contributed by atoms with Gasteiger partial charge in [0, 0.05) is 50.1 Å². The van der Waals surface area contributed by atoms with Crippen molar-refractivity contribution in [1.82, 2.24) is 0 Å². The maximum Gasteiger partial charge on any atom is 0.294 e. The third-order valence-electron chi connectivity index (χ3n) is 31.8. The molecule has 0 radical (unpaired) electrons. The van der Waals surface area contributed by atoms with Crippen LogP contribution in [-0.2, 0) is 54.1 Å². The van der Waals surface area contributed by atoms with Gasteiger partial charge in [0.25, 0.3) is 11.4 Å². The number of allylic oxidation sites excluding steroid dienone is 2. The van der Waals surface area contributed by atoms with Crippen LogP contribution in [0.4, 0.5) is 34.1 Å². The number of rotatable bonds is 49. The predicted molar refractivity (Wildman–Crippen MR) is 542 cm³/mol. The summed E-state index contributed by atoms with van der Waals surface area (Å²) in [4.78, 5) is 13.1. The number of nitrogens with zero attached hydrogens (tertiary/aromatic N) is 2. The molecule has 4 heteroatoms. The standard InChI is InChI=1S/C118H184N4/c1-30-36-42-48-54-60-70-109(10,11)85-76-87(111(14,15)72-62-56-50-44-38-32-3)100-89(78-85)115(22,23)93-81-95-106(98(104(93)119-100)113(18,19)74-64-58-52-46-40-34-5)121-102-91(117(95,26)27)80-92-103(97(102)83-66-68-84(69-67-83)108(7,8)9)122-107-96(118(92,28)29)82-94-105(99(107)114(20,21)75-65-59-53-47-41-35-6)120-101-88(112(16,17)73-63-57-51-45-39-33-4)77-86(79-90(101)116(94,24)25)110(12,13)71-61-55-49-43-37-31-2/h66-69,76-82,119,121H,30-65,70-75H2,1-29H3/q+2. The van der Waals surface area contributed by atoms with Crippen molar-refractivity contribution in [1.29, 1.82) is 0 Å². The molecule has 5 aliphatic rings. The van der Waals surface area contributed by atoms with E-state index in [0.29, 0.717) is 0 Å². The van der Waals surface area contributed by atoms with Crippen molar-refractivity contribution in [2.45, 2.75) is 525 Å². The molecule has 0 spiro atoms. The maximum absolute atomic E-state index is 6.62. The number of hydrogen-bond donors (Lipinski definition) is 2. The Hall–Kier alpha value is -5.48. The molecule has 1 aliphatic carbocycles. The molecule has 0 saturated carbocycles. The minimum absolute atomic E-state index is 0.00394. The predicted octanol–water partition coefficient (Wildman–Crippen LogP) is 37.9. The fourth-order valence-corrected chi connectivity index (χ4v) is 22.7. The molecule has 0 aromatic heterocycles. The van der Waals surface area contributed by atoms with Crippen molar-refractivity contribution < 1.29 is 0 Å². The lowest BCUT2D eigenvalue weighted by molar-refractivity contribution is 0.371. The van der Waals surface area contributed by atoms with Gasteiger partial charge in [-0.3, -0.25) is 0 Å². The first-order chi connectivity index (χ1) is 57.5. The van der Waals surface area contributed by atoms with E-state index < -0.39 is 10.8 Å². The van der Waals surface area contributed by atoms with Gasteiger partial charge >= 0.3 is 0 Å². The second-order valence-corrected chi connectivity index (χ2v) is 47.3. The smallest absolute Gasteiger partial charge is 0.294 e. The normalized spacial score (nSPS) is 16.5. The van der Waals surface area contributed by atoms with Crippen LogP contribution in [0.25, 0.3) is 11.1 Å². The first kappa shape index (κ1) is 98.7. The SMILES string of the molecule is CCCCCCCCC(C)(C)c1cc(C(C)(C)CCCCCCCC)c2c(c1)C(C)(C)c1cc3c(c(C(C)(C)CCCCCCCC)c1N2)Nc1c(cc2c(c1-c1ccc(C(C)(C)C)cc1)N=C1C(=C[C+]4C(=Nc5c(C(C)(C)CCCCCCCC)cc(C(C)(C)CCCCCCCC)cc5C4(C)C)[C+]1C(C)(C)CCCCCCCC)C2(C)C)C3(C)C. The van der Waals surface area contributed by atoms with Gasteiger partial charge < -0.3 is 10.6 Å². The Kier molecular flexibility index (Phi) is 33.1. The van der Waals surface area contributed by atoms with Crippen molar-refractivity contribution >= 4 is 45.5 Å². The molecule has 5 aromatic carbocycles. The molecular formula is C118H184N4+2. The molecule has 4 nitrogen and oxygen atoms in total. The summed E-state index contributed by atoms with van der Waals surface area (Å²) < 4.78 is 0. The van der Waals surface area contributed by atoms with Crippen molar-refractivity contribution in [3.8, 4) is 11.1 Å². The summed E-state index contributed by atoms with van der Waals surface area (Å²) >= 11 is 0. The molecule has 5 aromatic rings. The summed E-state index contributed by atoms with van der Waals surface area (Å²) in [6.45, 7) is 73.2. The topological polar surface area (TPSA) is 48.8 Å². The lowest BCUT2D eigenvalue weighted by Gasteiger charge is -2.47. The Balaban J connectivity index is 1.25. The van der Waals surface area contributed by atoms with Crippen LogP contribution in [0.15, 0.2) is 82.3 Å². The molecule has 0 saturated heterocycles. The van der Waals surface area contributed by atoms with Crippen LogP contribution in [0.5, 0.6) is 0 Å². The summed E-state index contributed by atoms with van der Waals surface area (Å²) in [5, 5.41) is 9.33. The molecule has 4 aliphatic heterocycles. The Labute approximate surface area is 753 Å². The van der Waals surface area contributed by atoms with Crippen LogP contribution < -0.4 is 10.6 Å². The lowest BCUT2D eigenvalue weighted by atomic mass is 9.53. The minimum Gasteiger partial charge on any atom is -0.354 e.